The van der Waals surface area contributed by atoms with Gasteiger partial charge in [-0.15, -0.1) is 0 Å². The second-order valence-electron chi connectivity index (χ2n) is 5.42. The molecule has 0 aromatic heterocycles. The van der Waals surface area contributed by atoms with E-state index in [0.29, 0.717) is 19.4 Å². The molecule has 0 amide bonds. The van der Waals surface area contributed by atoms with E-state index in [1.54, 1.807) is 0 Å². The summed E-state index contributed by atoms with van der Waals surface area (Å²) in [6.45, 7) is 2.35. The Morgan fingerprint density at radius 2 is 2.22 bits per heavy atom. The highest BCUT2D eigenvalue weighted by Crippen LogP contribution is 2.47. The van der Waals surface area contributed by atoms with Crippen LogP contribution in [0.15, 0.2) is 0 Å². The summed E-state index contributed by atoms with van der Waals surface area (Å²) >= 11 is 0. The van der Waals surface area contributed by atoms with Crippen molar-refractivity contribution in [2.75, 3.05) is 18.1 Å². The summed E-state index contributed by atoms with van der Waals surface area (Å²) in [5.41, 5.74) is -2.38. The van der Waals surface area contributed by atoms with Crippen LogP contribution in [0.3, 0.4) is 0 Å². The van der Waals surface area contributed by atoms with Crippen LogP contribution >= 0.6 is 0 Å². The summed E-state index contributed by atoms with van der Waals surface area (Å²) in [7, 11) is -3.20. The highest BCUT2D eigenvalue weighted by Gasteiger charge is 2.58. The summed E-state index contributed by atoms with van der Waals surface area (Å²) in [5.74, 6) is -0.218. The summed E-state index contributed by atoms with van der Waals surface area (Å²) in [4.78, 5) is 0. The van der Waals surface area contributed by atoms with Gasteiger partial charge < -0.3 is 9.84 Å². The third-order valence-corrected chi connectivity index (χ3v) is 6.06. The highest BCUT2D eigenvalue weighted by molar-refractivity contribution is 7.91. The average Bonchev–Trinajstić information content (AvgIpc) is 2.67. The number of aliphatic hydroxyl groups is 1. The molecule has 0 radical (unpaired) electrons. The maximum absolute atomic E-state index is 11.6. The topological polar surface area (TPSA) is 87.4 Å². The molecular formula is C12H19NO4S. The first kappa shape index (κ1) is 13.8. The number of nitrogens with zero attached hydrogens (tertiary/aromatic N) is 1. The fourth-order valence-electron chi connectivity index (χ4n) is 3.04. The molecule has 3 atom stereocenters. The van der Waals surface area contributed by atoms with Crippen LogP contribution in [0.4, 0.5) is 0 Å². The van der Waals surface area contributed by atoms with Crippen LogP contribution in [-0.2, 0) is 14.6 Å². The number of hydrogen-bond donors (Lipinski definition) is 1. The van der Waals surface area contributed by atoms with Gasteiger partial charge in [0.25, 0.3) is 0 Å². The van der Waals surface area contributed by atoms with Gasteiger partial charge in [0.05, 0.1) is 29.3 Å². The van der Waals surface area contributed by atoms with E-state index >= 15 is 0 Å². The Hall–Kier alpha value is -0.640. The monoisotopic (exact) mass is 273 g/mol. The van der Waals surface area contributed by atoms with E-state index in [0.717, 1.165) is 6.42 Å². The minimum atomic E-state index is -3.20. The van der Waals surface area contributed by atoms with Crippen LogP contribution in [0.1, 0.15) is 32.6 Å². The molecule has 2 fully saturated rings. The van der Waals surface area contributed by atoms with E-state index in [2.05, 4.69) is 6.07 Å². The molecule has 2 aliphatic rings. The molecule has 2 rings (SSSR count). The summed E-state index contributed by atoms with van der Waals surface area (Å²) in [5, 5.41) is 20.2. The van der Waals surface area contributed by atoms with Crippen molar-refractivity contribution >= 4 is 9.84 Å². The van der Waals surface area contributed by atoms with Crippen molar-refractivity contribution in [1.82, 2.24) is 0 Å². The van der Waals surface area contributed by atoms with E-state index in [4.69, 9.17) is 4.74 Å². The van der Waals surface area contributed by atoms with Gasteiger partial charge in [-0.3, -0.25) is 0 Å². The SMILES string of the molecule is CCC1CC(O)(C2(C#N)CCS(=O)(=O)C2)CCO1. The summed E-state index contributed by atoms with van der Waals surface area (Å²) in [6, 6.07) is 2.10. The first-order valence-electron chi connectivity index (χ1n) is 6.32. The first-order valence-corrected chi connectivity index (χ1v) is 8.14. The van der Waals surface area contributed by atoms with Crippen molar-refractivity contribution in [2.24, 2.45) is 5.41 Å². The van der Waals surface area contributed by atoms with Crippen LogP contribution < -0.4 is 0 Å². The molecular weight excluding hydrogens is 254 g/mol. The van der Waals surface area contributed by atoms with E-state index in [1.807, 2.05) is 6.92 Å². The van der Waals surface area contributed by atoms with Crippen LogP contribution in [0.25, 0.3) is 0 Å². The highest BCUT2D eigenvalue weighted by atomic mass is 32.2. The molecule has 1 N–H and O–H groups in total. The lowest BCUT2D eigenvalue weighted by molar-refractivity contribution is -0.145. The second-order valence-corrected chi connectivity index (χ2v) is 7.61. The maximum Gasteiger partial charge on any atom is 0.152 e. The molecule has 102 valence electrons. The maximum atomic E-state index is 11.6. The lowest BCUT2D eigenvalue weighted by atomic mass is 9.67. The number of ether oxygens (including phenoxy) is 1. The van der Waals surface area contributed by atoms with Crippen LogP contribution in [0.2, 0.25) is 0 Å². The van der Waals surface area contributed by atoms with Crippen LogP contribution in [0.5, 0.6) is 0 Å². The Balaban J connectivity index is 2.30. The van der Waals surface area contributed by atoms with E-state index in [-0.39, 0.29) is 24.0 Å². The standard InChI is InChI=1S/C12H19NO4S/c1-2-10-7-12(14,3-5-17-10)11(8-13)4-6-18(15,16)9-11/h10,14H,2-7,9H2,1H3. The Labute approximate surface area is 108 Å². The van der Waals surface area contributed by atoms with Crippen molar-refractivity contribution in [3.05, 3.63) is 0 Å². The lowest BCUT2D eigenvalue weighted by Crippen LogP contribution is -2.54. The molecule has 0 aromatic carbocycles. The summed E-state index contributed by atoms with van der Waals surface area (Å²) < 4.78 is 28.8. The minimum Gasteiger partial charge on any atom is -0.388 e. The molecule has 0 aliphatic carbocycles. The van der Waals surface area contributed by atoms with Crippen molar-refractivity contribution in [1.29, 1.82) is 5.26 Å². The van der Waals surface area contributed by atoms with E-state index in [9.17, 15) is 18.8 Å². The predicted molar refractivity (Wildman–Crippen MR) is 65.5 cm³/mol. The molecule has 0 saturated carbocycles. The molecule has 2 heterocycles. The lowest BCUT2D eigenvalue weighted by Gasteiger charge is -2.44. The van der Waals surface area contributed by atoms with Crippen molar-refractivity contribution < 1.29 is 18.3 Å². The average molecular weight is 273 g/mol. The zero-order chi connectivity index (χ0) is 13.4. The van der Waals surface area contributed by atoms with Gasteiger partial charge in [-0.05, 0) is 12.8 Å². The molecule has 3 unspecified atom stereocenters. The van der Waals surface area contributed by atoms with Gasteiger partial charge in [-0.25, -0.2) is 8.42 Å². The van der Waals surface area contributed by atoms with Gasteiger partial charge in [-0.1, -0.05) is 6.92 Å². The third kappa shape index (κ3) is 2.15. The molecule has 0 spiro atoms. The van der Waals surface area contributed by atoms with Crippen molar-refractivity contribution in [3.8, 4) is 6.07 Å². The van der Waals surface area contributed by atoms with E-state index < -0.39 is 20.9 Å². The Morgan fingerprint density at radius 1 is 1.50 bits per heavy atom. The molecule has 0 aromatic rings. The van der Waals surface area contributed by atoms with Crippen molar-refractivity contribution in [3.63, 3.8) is 0 Å². The normalized spacial score (nSPS) is 43.5. The fraction of sp³-hybridized carbons (Fsp3) is 0.917. The smallest absolute Gasteiger partial charge is 0.152 e. The first-order chi connectivity index (χ1) is 8.36. The van der Waals surface area contributed by atoms with Crippen LogP contribution in [0, 0.1) is 16.7 Å². The van der Waals surface area contributed by atoms with Crippen LogP contribution in [-0.4, -0.2) is 43.3 Å². The Bertz CT molecular complexity index is 469. The second kappa shape index (κ2) is 4.48. The van der Waals surface area contributed by atoms with Gasteiger partial charge >= 0.3 is 0 Å². The van der Waals surface area contributed by atoms with Gasteiger partial charge in [0.2, 0.25) is 0 Å². The van der Waals surface area contributed by atoms with Gasteiger partial charge in [0, 0.05) is 19.4 Å². The predicted octanol–water partition coefficient (Wildman–Crippen LogP) is 0.635. The molecule has 2 aliphatic heterocycles. The quantitative estimate of drug-likeness (QED) is 0.797. The Kier molecular flexibility index (Phi) is 3.43. The summed E-state index contributed by atoms with van der Waals surface area (Å²) in [6.07, 6.45) is 1.60. The van der Waals surface area contributed by atoms with Gasteiger partial charge in [0.1, 0.15) is 5.41 Å². The molecule has 2 saturated heterocycles. The number of nitriles is 1. The molecule has 5 nitrogen and oxygen atoms in total. The van der Waals surface area contributed by atoms with Gasteiger partial charge in [0.15, 0.2) is 9.84 Å². The fourth-order valence-corrected chi connectivity index (χ4v) is 5.07. The minimum absolute atomic E-state index is 0.000515. The number of rotatable bonds is 2. The molecule has 18 heavy (non-hydrogen) atoms. The Morgan fingerprint density at radius 3 is 2.72 bits per heavy atom. The number of sulfone groups is 1. The number of hydrogen-bond acceptors (Lipinski definition) is 5. The molecule has 0 bridgehead atoms. The largest absolute Gasteiger partial charge is 0.388 e. The van der Waals surface area contributed by atoms with Crippen molar-refractivity contribution in [2.45, 2.75) is 44.3 Å². The molecule has 6 heteroatoms. The zero-order valence-electron chi connectivity index (χ0n) is 10.6. The van der Waals surface area contributed by atoms with E-state index in [1.165, 1.54) is 0 Å². The third-order valence-electron chi connectivity index (χ3n) is 4.30. The zero-order valence-corrected chi connectivity index (χ0v) is 11.4. The van der Waals surface area contributed by atoms with Gasteiger partial charge in [-0.2, -0.15) is 5.26 Å².